The molecule has 0 aromatic heterocycles. The number of alkyl carbamates (subject to hydrolysis) is 1. The second kappa shape index (κ2) is 10.3. The number of nitrogens with one attached hydrogen (secondary N) is 2. The van der Waals surface area contributed by atoms with E-state index < -0.39 is 11.7 Å². The molecule has 0 aliphatic heterocycles. The molecule has 0 saturated heterocycles. The molecular weight excluding hydrogens is 376 g/mol. The van der Waals surface area contributed by atoms with Crippen molar-refractivity contribution in [1.29, 1.82) is 0 Å². The van der Waals surface area contributed by atoms with Crippen molar-refractivity contribution in [3.05, 3.63) is 52.4 Å². The molecule has 2 N–H and O–H groups in total. The van der Waals surface area contributed by atoms with E-state index in [-0.39, 0.29) is 12.3 Å². The first-order valence-electron chi connectivity index (χ1n) is 9.36. The standard InChI is InChI=1S/C22H31ClN2O3/c1-8-10-17(23)19-15(4)11-9-12-16(19)13-18(26)24-20(14(2)3)25-21(27)28-22(5,6)7/h9-12H,8,13H2,1-7H3,(H,24,26)(H,25,27)/b17-10+. The predicted octanol–water partition coefficient (Wildman–Crippen LogP) is 5.42. The summed E-state index contributed by atoms with van der Waals surface area (Å²) in [6, 6.07) is 5.75. The molecule has 0 atom stereocenters. The van der Waals surface area contributed by atoms with Gasteiger partial charge in [0, 0.05) is 5.03 Å². The molecule has 5 nitrogen and oxygen atoms in total. The molecule has 0 unspecified atom stereocenters. The summed E-state index contributed by atoms with van der Waals surface area (Å²) in [6.45, 7) is 12.9. The first-order valence-corrected chi connectivity index (χ1v) is 9.74. The van der Waals surface area contributed by atoms with Gasteiger partial charge in [-0.15, -0.1) is 0 Å². The van der Waals surface area contributed by atoms with Crippen LogP contribution in [0.15, 0.2) is 35.7 Å². The van der Waals surface area contributed by atoms with E-state index in [4.69, 9.17) is 16.3 Å². The monoisotopic (exact) mass is 406 g/mol. The van der Waals surface area contributed by atoms with E-state index in [9.17, 15) is 9.59 Å². The molecule has 0 bridgehead atoms. The molecule has 0 aliphatic carbocycles. The van der Waals surface area contributed by atoms with Crippen LogP contribution in [0.5, 0.6) is 0 Å². The number of benzene rings is 1. The second-order valence-electron chi connectivity index (χ2n) is 7.80. The molecule has 154 valence electrons. The number of amides is 2. The molecule has 0 aliphatic rings. The molecule has 0 heterocycles. The maximum absolute atomic E-state index is 12.6. The fraction of sp³-hybridized carbons (Fsp3) is 0.455. The molecular formula is C22H31ClN2O3. The lowest BCUT2D eigenvalue weighted by Gasteiger charge is -2.21. The van der Waals surface area contributed by atoms with Crippen LogP contribution >= 0.6 is 11.6 Å². The van der Waals surface area contributed by atoms with E-state index >= 15 is 0 Å². The van der Waals surface area contributed by atoms with Gasteiger partial charge < -0.3 is 10.1 Å². The Morgan fingerprint density at radius 2 is 1.82 bits per heavy atom. The second-order valence-corrected chi connectivity index (χ2v) is 8.20. The SMILES string of the molecule is CC/C=C(/Cl)c1c(C)cccc1CC(=O)NC(NC(=O)OC(C)(C)C)=C(C)C. The van der Waals surface area contributed by atoms with Gasteiger partial charge in [0.05, 0.1) is 6.42 Å². The molecule has 0 fully saturated rings. The van der Waals surface area contributed by atoms with E-state index in [2.05, 4.69) is 10.6 Å². The highest BCUT2D eigenvalue weighted by atomic mass is 35.5. The van der Waals surface area contributed by atoms with Crippen LogP contribution in [0, 0.1) is 6.92 Å². The van der Waals surface area contributed by atoms with Gasteiger partial charge in [0.25, 0.3) is 0 Å². The Morgan fingerprint density at radius 1 is 1.18 bits per heavy atom. The lowest BCUT2D eigenvalue weighted by molar-refractivity contribution is -0.119. The Bertz CT molecular complexity index is 785. The average molecular weight is 407 g/mol. The summed E-state index contributed by atoms with van der Waals surface area (Å²) in [7, 11) is 0. The summed E-state index contributed by atoms with van der Waals surface area (Å²) in [5.41, 5.74) is 2.85. The zero-order valence-electron chi connectivity index (χ0n) is 17.8. The Hall–Kier alpha value is -2.27. The van der Waals surface area contributed by atoms with Crippen LogP contribution in [-0.2, 0) is 16.0 Å². The summed E-state index contributed by atoms with van der Waals surface area (Å²) in [6.07, 6.45) is 2.25. The molecule has 6 heteroatoms. The molecule has 1 aromatic carbocycles. The van der Waals surface area contributed by atoms with Crippen molar-refractivity contribution in [3.8, 4) is 0 Å². The maximum Gasteiger partial charge on any atom is 0.413 e. The summed E-state index contributed by atoms with van der Waals surface area (Å²) in [5, 5.41) is 6.01. The third kappa shape index (κ3) is 7.77. The number of hydrogen-bond acceptors (Lipinski definition) is 3. The quantitative estimate of drug-likeness (QED) is 0.662. The van der Waals surface area contributed by atoms with Crippen LogP contribution in [-0.4, -0.2) is 17.6 Å². The van der Waals surface area contributed by atoms with Crippen LogP contribution < -0.4 is 10.6 Å². The highest BCUT2D eigenvalue weighted by Crippen LogP contribution is 2.27. The van der Waals surface area contributed by atoms with Crippen molar-refractivity contribution in [2.75, 3.05) is 0 Å². The van der Waals surface area contributed by atoms with Crippen molar-refractivity contribution in [3.63, 3.8) is 0 Å². The molecule has 0 saturated carbocycles. The number of hydrogen-bond donors (Lipinski definition) is 2. The Labute approximate surface area is 173 Å². The van der Waals surface area contributed by atoms with Gasteiger partial charge in [-0.3, -0.25) is 10.1 Å². The number of carbonyl (C=O) groups is 2. The van der Waals surface area contributed by atoms with E-state index in [1.165, 1.54) is 0 Å². The van der Waals surface area contributed by atoms with Gasteiger partial charge in [-0.25, -0.2) is 4.79 Å². The first kappa shape index (κ1) is 23.8. The van der Waals surface area contributed by atoms with Crippen molar-refractivity contribution in [2.24, 2.45) is 0 Å². The van der Waals surface area contributed by atoms with Gasteiger partial charge in [0.1, 0.15) is 11.4 Å². The zero-order valence-corrected chi connectivity index (χ0v) is 18.6. The van der Waals surface area contributed by atoms with E-state index in [1.54, 1.807) is 34.6 Å². The van der Waals surface area contributed by atoms with Crippen LogP contribution in [0.2, 0.25) is 0 Å². The van der Waals surface area contributed by atoms with Gasteiger partial charge in [0.2, 0.25) is 5.91 Å². The fourth-order valence-electron chi connectivity index (χ4n) is 2.54. The number of carbonyl (C=O) groups excluding carboxylic acids is 2. The maximum atomic E-state index is 12.6. The van der Waals surface area contributed by atoms with Gasteiger partial charge in [-0.05, 0) is 70.2 Å². The fourth-order valence-corrected chi connectivity index (χ4v) is 2.97. The van der Waals surface area contributed by atoms with Gasteiger partial charge >= 0.3 is 6.09 Å². The van der Waals surface area contributed by atoms with Crippen LogP contribution in [0.3, 0.4) is 0 Å². The van der Waals surface area contributed by atoms with Crippen LogP contribution in [0.25, 0.3) is 5.03 Å². The van der Waals surface area contributed by atoms with E-state index in [1.807, 2.05) is 38.1 Å². The molecule has 28 heavy (non-hydrogen) atoms. The molecule has 0 spiro atoms. The summed E-state index contributed by atoms with van der Waals surface area (Å²) >= 11 is 6.43. The Balaban J connectivity index is 2.96. The number of aryl methyl sites for hydroxylation is 1. The number of halogens is 1. The smallest absolute Gasteiger partial charge is 0.413 e. The number of rotatable bonds is 6. The molecule has 0 radical (unpaired) electrons. The van der Waals surface area contributed by atoms with Crippen molar-refractivity contribution in [1.82, 2.24) is 10.6 Å². The third-order valence-electron chi connectivity index (χ3n) is 3.72. The minimum Gasteiger partial charge on any atom is -0.444 e. The zero-order chi connectivity index (χ0) is 21.5. The predicted molar refractivity (Wildman–Crippen MR) is 115 cm³/mol. The van der Waals surface area contributed by atoms with Crippen LogP contribution in [0.1, 0.15) is 64.7 Å². The third-order valence-corrected chi connectivity index (χ3v) is 4.07. The van der Waals surface area contributed by atoms with Crippen molar-refractivity contribution >= 4 is 28.6 Å². The lowest BCUT2D eigenvalue weighted by atomic mass is 9.98. The minimum atomic E-state index is -0.625. The van der Waals surface area contributed by atoms with E-state index in [0.717, 1.165) is 28.7 Å². The molecule has 1 rings (SSSR count). The minimum absolute atomic E-state index is 0.136. The average Bonchev–Trinajstić information content (AvgIpc) is 2.52. The summed E-state index contributed by atoms with van der Waals surface area (Å²) in [5.74, 6) is 0.0729. The highest BCUT2D eigenvalue weighted by Gasteiger charge is 2.19. The number of allylic oxidation sites excluding steroid dienone is 2. The van der Waals surface area contributed by atoms with Crippen molar-refractivity contribution < 1.29 is 14.3 Å². The van der Waals surface area contributed by atoms with Crippen molar-refractivity contribution in [2.45, 2.75) is 66.9 Å². The largest absolute Gasteiger partial charge is 0.444 e. The Morgan fingerprint density at radius 3 is 2.36 bits per heavy atom. The van der Waals surface area contributed by atoms with Gasteiger partial charge in [-0.1, -0.05) is 42.8 Å². The van der Waals surface area contributed by atoms with Gasteiger partial charge in [0.15, 0.2) is 0 Å². The first-order chi connectivity index (χ1) is 12.9. The summed E-state index contributed by atoms with van der Waals surface area (Å²) < 4.78 is 5.25. The van der Waals surface area contributed by atoms with Gasteiger partial charge in [-0.2, -0.15) is 0 Å². The lowest BCUT2D eigenvalue weighted by Crippen LogP contribution is -2.39. The molecule has 1 aromatic rings. The summed E-state index contributed by atoms with van der Waals surface area (Å²) in [4.78, 5) is 24.7. The highest BCUT2D eigenvalue weighted by molar-refractivity contribution is 6.49. The topological polar surface area (TPSA) is 67.4 Å². The van der Waals surface area contributed by atoms with Crippen LogP contribution in [0.4, 0.5) is 4.79 Å². The van der Waals surface area contributed by atoms with E-state index in [0.29, 0.717) is 10.9 Å². The normalized spacial score (nSPS) is 11.6. The molecule has 2 amide bonds. The Kier molecular flexibility index (Phi) is 8.76. The number of ether oxygens (including phenoxy) is 1.